The lowest BCUT2D eigenvalue weighted by molar-refractivity contribution is -0.155. The lowest BCUT2D eigenvalue weighted by Crippen LogP contribution is -2.56. The van der Waals surface area contributed by atoms with Crippen molar-refractivity contribution in [2.45, 2.75) is 63.5 Å². The summed E-state index contributed by atoms with van der Waals surface area (Å²) in [6.07, 6.45) is -1.63. The molecule has 1 saturated heterocycles. The van der Waals surface area contributed by atoms with Gasteiger partial charge in [0.05, 0.1) is 24.8 Å². The van der Waals surface area contributed by atoms with Crippen LogP contribution in [-0.4, -0.2) is 59.0 Å². The van der Waals surface area contributed by atoms with Crippen LogP contribution in [0.4, 0.5) is 9.18 Å². The zero-order valence-electron chi connectivity index (χ0n) is 19.7. The first-order valence-corrected chi connectivity index (χ1v) is 11.6. The minimum absolute atomic E-state index is 0.0808. The van der Waals surface area contributed by atoms with Crippen LogP contribution in [-0.2, 0) is 20.7 Å². The molecular formula is C26H31FN2O5. The van der Waals surface area contributed by atoms with Crippen LogP contribution >= 0.6 is 0 Å². The van der Waals surface area contributed by atoms with Gasteiger partial charge in [-0.05, 0) is 56.0 Å². The number of carbonyl (C=O) groups excluding carboxylic acids is 2. The van der Waals surface area contributed by atoms with Gasteiger partial charge in [0.2, 0.25) is 0 Å². The third-order valence-electron chi connectivity index (χ3n) is 6.13. The van der Waals surface area contributed by atoms with E-state index in [4.69, 9.17) is 9.47 Å². The lowest BCUT2D eigenvalue weighted by atomic mass is 9.87. The highest BCUT2D eigenvalue weighted by atomic mass is 19.1. The molecule has 0 saturated carbocycles. The number of hydrogen-bond acceptors (Lipinski definition) is 5. The molecule has 34 heavy (non-hydrogen) atoms. The number of fused-ring (bicyclic) bond motifs is 1. The van der Waals surface area contributed by atoms with Crippen molar-refractivity contribution in [3.8, 4) is 0 Å². The molecule has 2 heterocycles. The monoisotopic (exact) mass is 470 g/mol. The molecule has 0 bridgehead atoms. The average molecular weight is 471 g/mol. The van der Waals surface area contributed by atoms with E-state index in [9.17, 15) is 19.1 Å². The fourth-order valence-electron chi connectivity index (χ4n) is 4.57. The fourth-order valence-corrected chi connectivity index (χ4v) is 4.57. The Balaban J connectivity index is 1.55. The number of aliphatic hydroxyl groups is 1. The maximum atomic E-state index is 13.7. The van der Waals surface area contributed by atoms with E-state index in [2.05, 4.69) is 5.32 Å². The van der Waals surface area contributed by atoms with E-state index in [0.29, 0.717) is 13.0 Å². The van der Waals surface area contributed by atoms with E-state index < -0.39 is 29.9 Å². The molecule has 7 nitrogen and oxygen atoms in total. The molecule has 2 aliphatic heterocycles. The highest BCUT2D eigenvalue weighted by Gasteiger charge is 2.40. The molecule has 8 heteroatoms. The summed E-state index contributed by atoms with van der Waals surface area (Å²) in [5.41, 5.74) is 2.26. The van der Waals surface area contributed by atoms with Crippen molar-refractivity contribution in [2.75, 3.05) is 13.2 Å². The maximum absolute atomic E-state index is 13.7. The zero-order valence-corrected chi connectivity index (χ0v) is 19.7. The van der Waals surface area contributed by atoms with Crippen molar-refractivity contribution in [1.29, 1.82) is 0 Å². The molecule has 0 aliphatic carbocycles. The summed E-state index contributed by atoms with van der Waals surface area (Å²) in [5, 5.41) is 13.0. The second-order valence-corrected chi connectivity index (χ2v) is 9.81. The van der Waals surface area contributed by atoms with Crippen LogP contribution in [0.15, 0.2) is 48.5 Å². The van der Waals surface area contributed by atoms with Gasteiger partial charge in [0, 0.05) is 13.0 Å². The number of hydrogen-bond donors (Lipinski definition) is 2. The summed E-state index contributed by atoms with van der Waals surface area (Å²) in [4.78, 5) is 27.7. The van der Waals surface area contributed by atoms with Crippen LogP contribution in [0.1, 0.15) is 49.9 Å². The number of ether oxygens (including phenoxy) is 2. The van der Waals surface area contributed by atoms with Crippen LogP contribution in [0.2, 0.25) is 0 Å². The van der Waals surface area contributed by atoms with Gasteiger partial charge in [-0.15, -0.1) is 0 Å². The van der Waals surface area contributed by atoms with Crippen LogP contribution in [0.25, 0.3) is 0 Å². The van der Waals surface area contributed by atoms with E-state index in [1.165, 1.54) is 12.1 Å². The SMILES string of the molecule is CC(C)(C)OC(=O)N[C@H]1C[C@H](C(=O)N2CCc3ccccc3[C@@H]2c2ccc(F)cc2)OC[C@H]1O. The number of alkyl carbamates (subject to hydrolysis) is 1. The normalized spacial score (nSPS) is 24.8. The molecule has 2 aliphatic rings. The van der Waals surface area contributed by atoms with Gasteiger partial charge in [-0.3, -0.25) is 4.79 Å². The second kappa shape index (κ2) is 9.72. The zero-order chi connectivity index (χ0) is 24.5. The molecule has 2 N–H and O–H groups in total. The topological polar surface area (TPSA) is 88.1 Å². The highest BCUT2D eigenvalue weighted by molar-refractivity contribution is 5.82. The Bertz CT molecular complexity index is 1040. The molecule has 4 atom stereocenters. The average Bonchev–Trinajstić information content (AvgIpc) is 2.79. The van der Waals surface area contributed by atoms with E-state index in [1.54, 1.807) is 37.8 Å². The minimum atomic E-state index is -0.952. The molecule has 2 amide bonds. The Morgan fingerprint density at radius 1 is 1.15 bits per heavy atom. The Morgan fingerprint density at radius 3 is 2.56 bits per heavy atom. The van der Waals surface area contributed by atoms with Crippen molar-refractivity contribution in [3.05, 3.63) is 71.0 Å². The van der Waals surface area contributed by atoms with Gasteiger partial charge in [0.25, 0.3) is 5.91 Å². The quantitative estimate of drug-likeness (QED) is 0.719. The Kier molecular flexibility index (Phi) is 6.91. The number of aliphatic hydroxyl groups excluding tert-OH is 1. The molecule has 1 fully saturated rings. The van der Waals surface area contributed by atoms with Crippen LogP contribution in [0.3, 0.4) is 0 Å². The predicted molar refractivity (Wildman–Crippen MR) is 124 cm³/mol. The van der Waals surface area contributed by atoms with Gasteiger partial charge < -0.3 is 24.8 Å². The molecule has 0 radical (unpaired) electrons. The fraction of sp³-hybridized carbons (Fsp3) is 0.462. The molecule has 2 aromatic rings. The predicted octanol–water partition coefficient (Wildman–Crippen LogP) is 3.34. The van der Waals surface area contributed by atoms with Gasteiger partial charge in [0.1, 0.15) is 17.5 Å². The first-order chi connectivity index (χ1) is 16.1. The number of nitrogens with zero attached hydrogens (tertiary/aromatic N) is 1. The standard InChI is InChI=1S/C26H31FN2O5/c1-26(2,3)34-25(32)28-20-14-22(33-15-21(20)30)24(31)29-13-12-16-6-4-5-7-19(16)23(29)17-8-10-18(27)11-9-17/h4-11,20-23,30H,12-15H2,1-3H3,(H,28,32)/t20-,21+,22+,23-/m0/s1. The van der Waals surface area contributed by atoms with Gasteiger partial charge in [0.15, 0.2) is 0 Å². The Morgan fingerprint density at radius 2 is 1.85 bits per heavy atom. The molecule has 0 aromatic heterocycles. The second-order valence-electron chi connectivity index (χ2n) is 9.81. The molecule has 182 valence electrons. The van der Waals surface area contributed by atoms with Crippen molar-refractivity contribution >= 4 is 12.0 Å². The van der Waals surface area contributed by atoms with E-state index in [-0.39, 0.29) is 30.8 Å². The maximum Gasteiger partial charge on any atom is 0.407 e. The smallest absolute Gasteiger partial charge is 0.407 e. The first-order valence-electron chi connectivity index (χ1n) is 11.6. The van der Waals surface area contributed by atoms with Crippen molar-refractivity contribution < 1.29 is 28.6 Å². The van der Waals surface area contributed by atoms with Gasteiger partial charge in [-0.1, -0.05) is 36.4 Å². The van der Waals surface area contributed by atoms with Crippen LogP contribution in [0, 0.1) is 5.82 Å². The largest absolute Gasteiger partial charge is 0.444 e. The third kappa shape index (κ3) is 5.39. The number of rotatable bonds is 3. The number of benzene rings is 2. The molecule has 0 unspecified atom stereocenters. The minimum Gasteiger partial charge on any atom is -0.444 e. The summed E-state index contributed by atoms with van der Waals surface area (Å²) >= 11 is 0. The first kappa shape index (κ1) is 24.2. The summed E-state index contributed by atoms with van der Waals surface area (Å²) < 4.78 is 24.6. The van der Waals surface area contributed by atoms with E-state index in [1.807, 2.05) is 24.3 Å². The van der Waals surface area contributed by atoms with E-state index >= 15 is 0 Å². The van der Waals surface area contributed by atoms with Gasteiger partial charge in [-0.25, -0.2) is 9.18 Å². The summed E-state index contributed by atoms with van der Waals surface area (Å²) in [7, 11) is 0. The molecular weight excluding hydrogens is 439 g/mol. The highest BCUT2D eigenvalue weighted by Crippen LogP contribution is 2.36. The lowest BCUT2D eigenvalue weighted by Gasteiger charge is -2.41. The summed E-state index contributed by atoms with van der Waals surface area (Å²) in [6, 6.07) is 13.0. The van der Waals surface area contributed by atoms with Crippen molar-refractivity contribution in [2.24, 2.45) is 0 Å². The van der Waals surface area contributed by atoms with Crippen LogP contribution in [0.5, 0.6) is 0 Å². The van der Waals surface area contributed by atoms with Gasteiger partial charge in [-0.2, -0.15) is 0 Å². The van der Waals surface area contributed by atoms with E-state index in [0.717, 1.165) is 16.7 Å². The van der Waals surface area contributed by atoms with Crippen molar-refractivity contribution in [1.82, 2.24) is 10.2 Å². The molecule has 2 aromatic carbocycles. The molecule has 4 rings (SSSR count). The van der Waals surface area contributed by atoms with Crippen molar-refractivity contribution in [3.63, 3.8) is 0 Å². The Hall–Kier alpha value is -2.97. The van der Waals surface area contributed by atoms with Gasteiger partial charge >= 0.3 is 6.09 Å². The molecule has 0 spiro atoms. The Labute approximate surface area is 198 Å². The van der Waals surface area contributed by atoms with Crippen LogP contribution < -0.4 is 5.32 Å². The summed E-state index contributed by atoms with van der Waals surface area (Å²) in [5.74, 6) is -0.571. The number of carbonyl (C=O) groups is 2. The number of amides is 2. The third-order valence-corrected chi connectivity index (χ3v) is 6.13. The number of halogens is 1. The number of nitrogens with one attached hydrogen (secondary N) is 1. The summed E-state index contributed by atoms with van der Waals surface area (Å²) in [6.45, 7) is 5.66.